The molecule has 2 rings (SSSR count). The molecule has 1 unspecified atom stereocenters. The SMILES string of the molecule is COC(C)n1cccc1-c1ccccc1. The topological polar surface area (TPSA) is 14.2 Å². The van der Waals surface area contributed by atoms with Gasteiger partial charge in [0, 0.05) is 13.3 Å². The zero-order chi connectivity index (χ0) is 10.7. The van der Waals surface area contributed by atoms with Crippen molar-refractivity contribution in [2.24, 2.45) is 0 Å². The average molecular weight is 201 g/mol. The normalized spacial score (nSPS) is 12.7. The van der Waals surface area contributed by atoms with Gasteiger partial charge < -0.3 is 9.30 Å². The fraction of sp³-hybridized carbons (Fsp3) is 0.231. The molecule has 0 fully saturated rings. The molecule has 1 aromatic carbocycles. The molecule has 0 amide bonds. The smallest absolute Gasteiger partial charge is 0.130 e. The van der Waals surface area contributed by atoms with Crippen LogP contribution >= 0.6 is 0 Å². The van der Waals surface area contributed by atoms with Crippen LogP contribution in [-0.2, 0) is 4.74 Å². The van der Waals surface area contributed by atoms with E-state index in [-0.39, 0.29) is 6.23 Å². The molecule has 2 nitrogen and oxygen atoms in total. The Labute approximate surface area is 90.1 Å². The molecule has 78 valence electrons. The number of nitrogens with zero attached hydrogens (tertiary/aromatic N) is 1. The Balaban J connectivity index is 2.41. The van der Waals surface area contributed by atoms with Crippen LogP contribution in [0.3, 0.4) is 0 Å². The maximum Gasteiger partial charge on any atom is 0.130 e. The van der Waals surface area contributed by atoms with E-state index in [1.807, 2.05) is 37.4 Å². The van der Waals surface area contributed by atoms with E-state index in [0.717, 1.165) is 0 Å². The maximum absolute atomic E-state index is 5.32. The van der Waals surface area contributed by atoms with Crippen molar-refractivity contribution >= 4 is 0 Å². The van der Waals surface area contributed by atoms with Crippen LogP contribution in [0, 0.1) is 0 Å². The highest BCUT2D eigenvalue weighted by Gasteiger charge is 2.07. The fourth-order valence-corrected chi connectivity index (χ4v) is 1.68. The first-order valence-electron chi connectivity index (χ1n) is 5.08. The van der Waals surface area contributed by atoms with Gasteiger partial charge in [0.15, 0.2) is 0 Å². The largest absolute Gasteiger partial charge is 0.362 e. The maximum atomic E-state index is 5.32. The molecule has 0 aliphatic rings. The summed E-state index contributed by atoms with van der Waals surface area (Å²) in [5.41, 5.74) is 2.40. The van der Waals surface area contributed by atoms with Gasteiger partial charge in [-0.1, -0.05) is 30.3 Å². The van der Waals surface area contributed by atoms with Gasteiger partial charge in [-0.25, -0.2) is 0 Å². The van der Waals surface area contributed by atoms with Crippen molar-refractivity contribution in [3.63, 3.8) is 0 Å². The summed E-state index contributed by atoms with van der Waals surface area (Å²) in [6.07, 6.45) is 2.10. The highest BCUT2D eigenvalue weighted by molar-refractivity contribution is 5.59. The molecule has 0 N–H and O–H groups in total. The standard InChI is InChI=1S/C13H15NO/c1-11(15-2)14-10-6-9-13(14)12-7-4-3-5-8-12/h3-11H,1-2H3. The lowest BCUT2D eigenvalue weighted by Gasteiger charge is -2.15. The van der Waals surface area contributed by atoms with Gasteiger partial charge >= 0.3 is 0 Å². The van der Waals surface area contributed by atoms with Gasteiger partial charge in [0.1, 0.15) is 6.23 Å². The Bertz CT molecular complexity index is 419. The van der Waals surface area contributed by atoms with Gasteiger partial charge in [0.2, 0.25) is 0 Å². The summed E-state index contributed by atoms with van der Waals surface area (Å²) in [6, 6.07) is 14.5. The van der Waals surface area contributed by atoms with Crippen LogP contribution in [0.15, 0.2) is 48.7 Å². The van der Waals surface area contributed by atoms with Crippen molar-refractivity contribution in [2.75, 3.05) is 7.11 Å². The molecule has 0 saturated carbocycles. The minimum absolute atomic E-state index is 0.0650. The van der Waals surface area contributed by atoms with Gasteiger partial charge in [-0.3, -0.25) is 0 Å². The molecular weight excluding hydrogens is 186 g/mol. The second kappa shape index (κ2) is 4.32. The Morgan fingerprint density at radius 2 is 1.80 bits per heavy atom. The third-order valence-corrected chi connectivity index (χ3v) is 2.58. The zero-order valence-corrected chi connectivity index (χ0v) is 9.05. The van der Waals surface area contributed by atoms with Crippen LogP contribution in [0.2, 0.25) is 0 Å². The molecule has 1 atom stereocenters. The third kappa shape index (κ3) is 1.95. The predicted molar refractivity (Wildman–Crippen MR) is 61.6 cm³/mol. The number of methoxy groups -OCH3 is 1. The Hall–Kier alpha value is -1.54. The van der Waals surface area contributed by atoms with Crippen LogP contribution in [0.25, 0.3) is 11.3 Å². The van der Waals surface area contributed by atoms with E-state index in [2.05, 4.69) is 22.8 Å². The summed E-state index contributed by atoms with van der Waals surface area (Å²) in [4.78, 5) is 0. The summed E-state index contributed by atoms with van der Waals surface area (Å²) >= 11 is 0. The van der Waals surface area contributed by atoms with Gasteiger partial charge in [-0.2, -0.15) is 0 Å². The number of hydrogen-bond acceptors (Lipinski definition) is 1. The molecule has 0 aliphatic carbocycles. The van der Waals surface area contributed by atoms with Crippen molar-refractivity contribution in [1.29, 1.82) is 0 Å². The lowest BCUT2D eigenvalue weighted by Crippen LogP contribution is -2.06. The van der Waals surface area contributed by atoms with E-state index < -0.39 is 0 Å². The summed E-state index contributed by atoms with van der Waals surface area (Å²) in [5, 5.41) is 0. The molecule has 0 radical (unpaired) electrons. The lowest BCUT2D eigenvalue weighted by molar-refractivity contribution is 0.0621. The molecule has 15 heavy (non-hydrogen) atoms. The van der Waals surface area contributed by atoms with Crippen molar-refractivity contribution in [3.8, 4) is 11.3 Å². The van der Waals surface area contributed by atoms with Gasteiger partial charge in [-0.15, -0.1) is 0 Å². The average Bonchev–Trinajstić information content (AvgIpc) is 2.78. The Morgan fingerprint density at radius 3 is 2.47 bits per heavy atom. The number of ether oxygens (including phenoxy) is 1. The second-order valence-corrected chi connectivity index (χ2v) is 3.50. The van der Waals surface area contributed by atoms with Gasteiger partial charge in [0.05, 0.1) is 5.69 Å². The number of aromatic nitrogens is 1. The number of rotatable bonds is 3. The highest BCUT2D eigenvalue weighted by atomic mass is 16.5. The molecule has 1 heterocycles. The first kappa shape index (κ1) is 9.99. The lowest BCUT2D eigenvalue weighted by atomic mass is 10.1. The number of hydrogen-bond donors (Lipinski definition) is 0. The summed E-state index contributed by atoms with van der Waals surface area (Å²) in [5.74, 6) is 0. The van der Waals surface area contributed by atoms with Crippen LogP contribution in [0.4, 0.5) is 0 Å². The first-order chi connectivity index (χ1) is 7.33. The summed E-state index contributed by atoms with van der Waals surface area (Å²) in [6.45, 7) is 2.03. The predicted octanol–water partition coefficient (Wildman–Crippen LogP) is 3.32. The van der Waals surface area contributed by atoms with Crippen molar-refractivity contribution in [1.82, 2.24) is 4.57 Å². The van der Waals surface area contributed by atoms with Gasteiger partial charge in [-0.05, 0) is 24.6 Å². The quantitative estimate of drug-likeness (QED) is 0.743. The molecule has 1 aromatic heterocycles. The van der Waals surface area contributed by atoms with E-state index in [4.69, 9.17) is 4.74 Å². The van der Waals surface area contributed by atoms with E-state index in [1.54, 1.807) is 7.11 Å². The fourth-order valence-electron chi connectivity index (χ4n) is 1.68. The van der Waals surface area contributed by atoms with Crippen LogP contribution in [0.1, 0.15) is 13.2 Å². The third-order valence-electron chi connectivity index (χ3n) is 2.58. The van der Waals surface area contributed by atoms with Crippen molar-refractivity contribution in [3.05, 3.63) is 48.7 Å². The Kier molecular flexibility index (Phi) is 2.88. The molecule has 2 heteroatoms. The number of benzene rings is 1. The monoisotopic (exact) mass is 201 g/mol. The molecular formula is C13H15NO. The summed E-state index contributed by atoms with van der Waals surface area (Å²) < 4.78 is 7.44. The molecule has 0 spiro atoms. The highest BCUT2D eigenvalue weighted by Crippen LogP contribution is 2.23. The van der Waals surface area contributed by atoms with E-state index in [0.29, 0.717) is 0 Å². The van der Waals surface area contributed by atoms with Gasteiger partial charge in [0.25, 0.3) is 0 Å². The zero-order valence-electron chi connectivity index (χ0n) is 9.05. The Morgan fingerprint density at radius 1 is 1.07 bits per heavy atom. The summed E-state index contributed by atoms with van der Waals surface area (Å²) in [7, 11) is 1.72. The van der Waals surface area contributed by atoms with E-state index in [1.165, 1.54) is 11.3 Å². The molecule has 0 aliphatic heterocycles. The van der Waals surface area contributed by atoms with E-state index in [9.17, 15) is 0 Å². The second-order valence-electron chi connectivity index (χ2n) is 3.50. The minimum atomic E-state index is 0.0650. The minimum Gasteiger partial charge on any atom is -0.362 e. The van der Waals surface area contributed by atoms with Crippen LogP contribution in [0.5, 0.6) is 0 Å². The first-order valence-corrected chi connectivity index (χ1v) is 5.08. The van der Waals surface area contributed by atoms with Crippen molar-refractivity contribution in [2.45, 2.75) is 13.2 Å². The van der Waals surface area contributed by atoms with E-state index >= 15 is 0 Å². The van der Waals surface area contributed by atoms with Crippen molar-refractivity contribution < 1.29 is 4.74 Å². The van der Waals surface area contributed by atoms with Crippen LogP contribution < -0.4 is 0 Å². The molecule has 2 aromatic rings. The molecule has 0 bridgehead atoms. The molecule has 0 saturated heterocycles. The van der Waals surface area contributed by atoms with Crippen LogP contribution in [-0.4, -0.2) is 11.7 Å².